The zero-order chi connectivity index (χ0) is 19.5. The third kappa shape index (κ3) is 7.58. The highest BCUT2D eigenvalue weighted by Gasteiger charge is 2.09. The molecule has 1 amide bonds. The minimum atomic E-state index is -0.628. The number of hydrogen-bond acceptors (Lipinski definition) is 5. The third-order valence-electron chi connectivity index (χ3n) is 4.24. The number of carbonyl (C=O) groups is 1. The number of methoxy groups -OCH3 is 1. The lowest BCUT2D eigenvalue weighted by atomic mass is 10.1. The van der Waals surface area contributed by atoms with Crippen molar-refractivity contribution in [3.63, 3.8) is 0 Å². The molecule has 0 atom stereocenters. The van der Waals surface area contributed by atoms with E-state index in [1.807, 2.05) is 30.3 Å². The van der Waals surface area contributed by atoms with Crippen molar-refractivity contribution in [1.82, 2.24) is 4.90 Å². The Bertz CT molecular complexity index is 732. The van der Waals surface area contributed by atoms with Crippen LogP contribution in [0.3, 0.4) is 0 Å². The molecule has 28 heavy (non-hydrogen) atoms. The average Bonchev–Trinajstić information content (AvgIpc) is 2.72. The lowest BCUT2D eigenvalue weighted by Gasteiger charge is -2.18. The first-order chi connectivity index (χ1) is 13.2. The molecule has 0 radical (unpaired) electrons. The molecule has 0 saturated heterocycles. The number of hydrogen-bond donors (Lipinski definition) is 1. The average molecular weight is 406 g/mol. The van der Waals surface area contributed by atoms with Gasteiger partial charge in [0.25, 0.3) is 0 Å². The van der Waals surface area contributed by atoms with Gasteiger partial charge in [-0.2, -0.15) is 0 Å². The summed E-state index contributed by atoms with van der Waals surface area (Å²) in [5.41, 5.74) is 2.30. The predicted molar refractivity (Wildman–Crippen MR) is 116 cm³/mol. The number of oxime groups is 1. The first kappa shape index (κ1) is 23.5. The fraction of sp³-hybridized carbons (Fsp3) is 0.333. The third-order valence-corrected chi connectivity index (χ3v) is 4.24. The number of amides is 1. The number of nitrogens with zero attached hydrogens (tertiary/aromatic N) is 2. The van der Waals surface area contributed by atoms with Crippen LogP contribution in [0.15, 0.2) is 59.8 Å². The van der Waals surface area contributed by atoms with Crippen molar-refractivity contribution in [2.24, 2.45) is 5.16 Å². The van der Waals surface area contributed by atoms with Crippen LogP contribution in [-0.4, -0.2) is 43.4 Å². The van der Waals surface area contributed by atoms with Gasteiger partial charge in [-0.05, 0) is 42.9 Å². The first-order valence-corrected chi connectivity index (χ1v) is 9.13. The van der Waals surface area contributed by atoms with E-state index < -0.39 is 6.09 Å². The Morgan fingerprint density at radius 2 is 1.68 bits per heavy atom. The number of halogens is 1. The Hall–Kier alpha value is -2.57. The normalized spacial score (nSPS) is 10.9. The van der Waals surface area contributed by atoms with E-state index >= 15 is 0 Å². The van der Waals surface area contributed by atoms with E-state index in [4.69, 9.17) is 9.57 Å². The standard InChI is InChI=1S/C21H27N3O3.ClH/c1-4-24(5-2)16-15-20(17-9-7-6-8-10-17)23-27-21(25)22-18-11-13-19(26-3)14-12-18;/h6-14H,4-5,15-16H2,1-3H3,(H,22,25);1H/b23-20+;. The van der Waals surface area contributed by atoms with Gasteiger partial charge in [0.05, 0.1) is 12.8 Å². The maximum atomic E-state index is 12.1. The second-order valence-corrected chi connectivity index (χ2v) is 5.91. The van der Waals surface area contributed by atoms with Crippen molar-refractivity contribution in [2.45, 2.75) is 20.3 Å². The van der Waals surface area contributed by atoms with Gasteiger partial charge in [0.1, 0.15) is 5.75 Å². The summed E-state index contributed by atoms with van der Waals surface area (Å²) in [4.78, 5) is 19.5. The first-order valence-electron chi connectivity index (χ1n) is 9.13. The molecule has 0 spiro atoms. The summed E-state index contributed by atoms with van der Waals surface area (Å²) in [6.07, 6.45) is 0.0676. The van der Waals surface area contributed by atoms with E-state index in [0.29, 0.717) is 12.1 Å². The van der Waals surface area contributed by atoms with Crippen molar-refractivity contribution >= 4 is 29.9 Å². The monoisotopic (exact) mass is 405 g/mol. The lowest BCUT2D eigenvalue weighted by Crippen LogP contribution is -2.26. The minimum Gasteiger partial charge on any atom is -0.497 e. The van der Waals surface area contributed by atoms with Crippen molar-refractivity contribution in [2.75, 3.05) is 32.1 Å². The Labute approximate surface area is 172 Å². The molecule has 0 aliphatic heterocycles. The van der Waals surface area contributed by atoms with Gasteiger partial charge in [-0.25, -0.2) is 4.79 Å². The van der Waals surface area contributed by atoms with Crippen molar-refractivity contribution in [3.05, 3.63) is 60.2 Å². The largest absolute Gasteiger partial charge is 0.497 e. The van der Waals surface area contributed by atoms with Crippen molar-refractivity contribution < 1.29 is 14.4 Å². The van der Waals surface area contributed by atoms with Crippen LogP contribution in [0, 0.1) is 0 Å². The van der Waals surface area contributed by atoms with E-state index in [2.05, 4.69) is 29.2 Å². The zero-order valence-corrected chi connectivity index (χ0v) is 17.4. The number of rotatable bonds is 9. The van der Waals surface area contributed by atoms with Gasteiger partial charge in [0, 0.05) is 18.7 Å². The van der Waals surface area contributed by atoms with Crippen LogP contribution >= 0.6 is 12.4 Å². The van der Waals surface area contributed by atoms with E-state index in [9.17, 15) is 4.79 Å². The molecule has 0 aliphatic rings. The van der Waals surface area contributed by atoms with Crippen LogP contribution < -0.4 is 10.1 Å². The quantitative estimate of drug-likeness (QED) is 0.369. The molecule has 0 bridgehead atoms. The van der Waals surface area contributed by atoms with Crippen LogP contribution in [0.5, 0.6) is 5.75 Å². The van der Waals surface area contributed by atoms with Crippen LogP contribution in [0.25, 0.3) is 0 Å². The molecule has 7 heteroatoms. The second-order valence-electron chi connectivity index (χ2n) is 5.91. The number of anilines is 1. The van der Waals surface area contributed by atoms with E-state index in [-0.39, 0.29) is 12.4 Å². The zero-order valence-electron chi connectivity index (χ0n) is 16.6. The molecule has 0 heterocycles. The molecule has 152 valence electrons. The van der Waals surface area contributed by atoms with Crippen LogP contribution in [-0.2, 0) is 4.84 Å². The molecule has 0 fully saturated rings. The van der Waals surface area contributed by atoms with Crippen LogP contribution in [0.2, 0.25) is 0 Å². The highest BCUT2D eigenvalue weighted by Crippen LogP contribution is 2.15. The van der Waals surface area contributed by atoms with Gasteiger partial charge < -0.3 is 9.64 Å². The Balaban J connectivity index is 0.00000392. The second kappa shape index (κ2) is 12.8. The molecule has 0 unspecified atom stereocenters. The van der Waals surface area contributed by atoms with Crippen LogP contribution in [0.1, 0.15) is 25.8 Å². The SMILES string of the molecule is CCN(CC)CC/C(=N\OC(=O)Nc1ccc(OC)cc1)c1ccccc1.Cl. The molecule has 2 rings (SSSR count). The van der Waals surface area contributed by atoms with E-state index in [0.717, 1.165) is 36.7 Å². The summed E-state index contributed by atoms with van der Waals surface area (Å²) in [5, 5.41) is 6.77. The summed E-state index contributed by atoms with van der Waals surface area (Å²) in [6.45, 7) is 7.04. The summed E-state index contributed by atoms with van der Waals surface area (Å²) in [5.74, 6) is 0.717. The molecule has 2 aromatic rings. The van der Waals surface area contributed by atoms with Gasteiger partial charge in [-0.15, -0.1) is 12.4 Å². The number of carbonyl (C=O) groups excluding carboxylic acids is 1. The molecular formula is C21H28ClN3O3. The maximum Gasteiger partial charge on any atom is 0.437 e. The Kier molecular flexibility index (Phi) is 10.7. The molecule has 0 aliphatic carbocycles. The number of benzene rings is 2. The highest BCUT2D eigenvalue weighted by atomic mass is 35.5. The summed E-state index contributed by atoms with van der Waals surface area (Å²) < 4.78 is 5.10. The van der Waals surface area contributed by atoms with Gasteiger partial charge in [-0.1, -0.05) is 49.3 Å². The molecule has 2 aromatic carbocycles. The number of nitrogens with one attached hydrogen (secondary N) is 1. The Morgan fingerprint density at radius 3 is 2.25 bits per heavy atom. The fourth-order valence-corrected chi connectivity index (χ4v) is 2.59. The van der Waals surface area contributed by atoms with Gasteiger partial charge >= 0.3 is 6.09 Å². The minimum absolute atomic E-state index is 0. The molecular weight excluding hydrogens is 378 g/mol. The van der Waals surface area contributed by atoms with E-state index in [1.165, 1.54) is 0 Å². The van der Waals surface area contributed by atoms with Crippen molar-refractivity contribution in [1.29, 1.82) is 0 Å². The fourth-order valence-electron chi connectivity index (χ4n) is 2.59. The van der Waals surface area contributed by atoms with Gasteiger partial charge in [0.2, 0.25) is 0 Å². The smallest absolute Gasteiger partial charge is 0.437 e. The Morgan fingerprint density at radius 1 is 1.04 bits per heavy atom. The van der Waals surface area contributed by atoms with Crippen molar-refractivity contribution in [3.8, 4) is 5.75 Å². The summed E-state index contributed by atoms with van der Waals surface area (Å²) in [7, 11) is 1.59. The van der Waals surface area contributed by atoms with Crippen LogP contribution in [0.4, 0.5) is 10.5 Å². The van der Waals surface area contributed by atoms with Gasteiger partial charge in [-0.3, -0.25) is 10.2 Å². The molecule has 0 aromatic heterocycles. The summed E-state index contributed by atoms with van der Waals surface area (Å²) >= 11 is 0. The van der Waals surface area contributed by atoms with E-state index in [1.54, 1.807) is 31.4 Å². The highest BCUT2D eigenvalue weighted by molar-refractivity contribution is 6.00. The molecule has 6 nitrogen and oxygen atoms in total. The maximum absolute atomic E-state index is 12.1. The topological polar surface area (TPSA) is 63.2 Å². The molecule has 0 saturated carbocycles. The summed E-state index contributed by atoms with van der Waals surface area (Å²) in [6, 6.07) is 16.8. The predicted octanol–water partition coefficient (Wildman–Crippen LogP) is 4.80. The number of ether oxygens (including phenoxy) is 1. The molecule has 1 N–H and O–H groups in total. The van der Waals surface area contributed by atoms with Gasteiger partial charge in [0.15, 0.2) is 0 Å². The lowest BCUT2D eigenvalue weighted by molar-refractivity contribution is 0.166.